The van der Waals surface area contributed by atoms with Crippen molar-refractivity contribution >= 4 is 12.2 Å². The summed E-state index contributed by atoms with van der Waals surface area (Å²) in [6, 6.07) is 42.1. The first-order chi connectivity index (χ1) is 20.3. The molecule has 4 aromatic carbocycles. The van der Waals surface area contributed by atoms with Gasteiger partial charge in [-0.3, -0.25) is 0 Å². The predicted octanol–water partition coefficient (Wildman–Crippen LogP) is 10.3. The largest absolute Gasteiger partial charge is 0.0804 e. The van der Waals surface area contributed by atoms with Gasteiger partial charge in [-0.25, -0.2) is 0 Å². The fourth-order valence-electron chi connectivity index (χ4n) is 7.23. The molecule has 0 aromatic heterocycles. The summed E-state index contributed by atoms with van der Waals surface area (Å²) in [5, 5.41) is 0. The van der Waals surface area contributed by atoms with Crippen LogP contribution in [-0.2, 0) is 5.41 Å². The minimum Gasteiger partial charge on any atom is -0.0804 e. The number of benzene rings is 4. The molecule has 4 aromatic rings. The molecule has 2 atom stereocenters. The fraction of sp³-hybridized carbons (Fsp3) is 0.122. The molecule has 0 fully saturated rings. The van der Waals surface area contributed by atoms with Crippen molar-refractivity contribution in [3.63, 3.8) is 0 Å². The highest BCUT2D eigenvalue weighted by atomic mass is 14.5. The Bertz CT molecular complexity index is 1700. The topological polar surface area (TPSA) is 0 Å². The van der Waals surface area contributed by atoms with Crippen molar-refractivity contribution < 1.29 is 0 Å². The van der Waals surface area contributed by atoms with Crippen molar-refractivity contribution in [2.24, 2.45) is 5.92 Å². The van der Waals surface area contributed by atoms with Crippen molar-refractivity contribution in [3.05, 3.63) is 202 Å². The van der Waals surface area contributed by atoms with Gasteiger partial charge in [0.2, 0.25) is 0 Å². The van der Waals surface area contributed by atoms with E-state index < -0.39 is 5.41 Å². The average molecular weight is 527 g/mol. The first kappa shape index (κ1) is 25.3. The SMILES string of the molecule is CC1=CC=C(C(C2=CC=CC2)(c2ccccc2)c2ccccc2)C(C2C=Cc3ccccc32)C1=Cc1ccccc1. The number of hydrogen-bond acceptors (Lipinski definition) is 0. The molecule has 198 valence electrons. The van der Waals surface area contributed by atoms with Crippen molar-refractivity contribution in [1.82, 2.24) is 0 Å². The Hall–Kier alpha value is -4.68. The third-order valence-corrected chi connectivity index (χ3v) is 9.06. The zero-order valence-electron chi connectivity index (χ0n) is 23.5. The monoisotopic (exact) mass is 526 g/mol. The van der Waals surface area contributed by atoms with E-state index in [-0.39, 0.29) is 11.8 Å². The molecule has 0 saturated carbocycles. The van der Waals surface area contributed by atoms with E-state index in [1.807, 2.05) is 0 Å². The third-order valence-electron chi connectivity index (χ3n) is 9.06. The zero-order valence-corrected chi connectivity index (χ0v) is 23.5. The summed E-state index contributed by atoms with van der Waals surface area (Å²) in [4.78, 5) is 0. The van der Waals surface area contributed by atoms with Gasteiger partial charge < -0.3 is 0 Å². The van der Waals surface area contributed by atoms with Crippen LogP contribution in [0.25, 0.3) is 12.2 Å². The normalized spacial score (nSPS) is 20.5. The van der Waals surface area contributed by atoms with Gasteiger partial charge in [0.25, 0.3) is 0 Å². The Kier molecular flexibility index (Phi) is 6.61. The van der Waals surface area contributed by atoms with E-state index in [1.165, 1.54) is 50.1 Å². The lowest BCUT2D eigenvalue weighted by Crippen LogP contribution is -2.38. The Morgan fingerprint density at radius 1 is 0.683 bits per heavy atom. The maximum atomic E-state index is 2.45. The number of rotatable bonds is 6. The molecule has 0 aliphatic heterocycles. The molecule has 0 N–H and O–H groups in total. The van der Waals surface area contributed by atoms with Gasteiger partial charge >= 0.3 is 0 Å². The minimum atomic E-state index is -0.408. The lowest BCUT2D eigenvalue weighted by Gasteiger charge is -2.46. The van der Waals surface area contributed by atoms with Gasteiger partial charge in [0, 0.05) is 11.8 Å². The van der Waals surface area contributed by atoms with Crippen LogP contribution in [0.1, 0.15) is 47.1 Å². The van der Waals surface area contributed by atoms with E-state index in [0.717, 1.165) is 6.42 Å². The van der Waals surface area contributed by atoms with E-state index in [0.29, 0.717) is 0 Å². The molecule has 0 spiro atoms. The van der Waals surface area contributed by atoms with Crippen molar-refractivity contribution in [2.75, 3.05) is 0 Å². The van der Waals surface area contributed by atoms with Crippen LogP contribution in [-0.4, -0.2) is 0 Å². The summed E-state index contributed by atoms with van der Waals surface area (Å²) >= 11 is 0. The van der Waals surface area contributed by atoms with Gasteiger partial charge in [-0.05, 0) is 63.5 Å². The molecule has 0 nitrogen and oxygen atoms in total. The number of allylic oxidation sites excluding steroid dienone is 10. The molecule has 41 heavy (non-hydrogen) atoms. The summed E-state index contributed by atoms with van der Waals surface area (Å²) in [5.74, 6) is 0.389. The average Bonchev–Trinajstić information content (AvgIpc) is 3.72. The van der Waals surface area contributed by atoms with Gasteiger partial charge in [-0.15, -0.1) is 0 Å². The maximum Gasteiger partial charge on any atom is 0.0636 e. The highest BCUT2D eigenvalue weighted by Gasteiger charge is 2.48. The molecule has 0 saturated heterocycles. The highest BCUT2D eigenvalue weighted by Crippen LogP contribution is 2.57. The minimum absolute atomic E-state index is 0.155. The highest BCUT2D eigenvalue weighted by molar-refractivity contribution is 5.72. The fourth-order valence-corrected chi connectivity index (χ4v) is 7.23. The van der Waals surface area contributed by atoms with Crippen LogP contribution < -0.4 is 0 Å². The first-order valence-corrected chi connectivity index (χ1v) is 14.7. The zero-order chi connectivity index (χ0) is 27.6. The maximum absolute atomic E-state index is 2.45. The van der Waals surface area contributed by atoms with Crippen LogP contribution in [0.5, 0.6) is 0 Å². The molecule has 0 amide bonds. The van der Waals surface area contributed by atoms with E-state index >= 15 is 0 Å². The van der Waals surface area contributed by atoms with Crippen LogP contribution >= 0.6 is 0 Å². The molecule has 7 rings (SSSR count). The quantitative estimate of drug-likeness (QED) is 0.234. The third kappa shape index (κ3) is 4.32. The van der Waals surface area contributed by atoms with E-state index in [9.17, 15) is 0 Å². The Morgan fingerprint density at radius 3 is 1.98 bits per heavy atom. The van der Waals surface area contributed by atoms with Crippen LogP contribution in [0, 0.1) is 5.92 Å². The Labute approximate surface area is 244 Å². The lowest BCUT2D eigenvalue weighted by atomic mass is 9.56. The molecular weight excluding hydrogens is 492 g/mol. The molecule has 3 aliphatic rings. The second-order valence-electron chi connectivity index (χ2n) is 11.3. The number of fused-ring (bicyclic) bond motifs is 1. The number of hydrogen-bond donors (Lipinski definition) is 0. The second-order valence-corrected chi connectivity index (χ2v) is 11.3. The Morgan fingerprint density at radius 2 is 1.32 bits per heavy atom. The van der Waals surface area contributed by atoms with E-state index in [2.05, 4.69) is 171 Å². The van der Waals surface area contributed by atoms with Crippen LogP contribution in [0.4, 0.5) is 0 Å². The van der Waals surface area contributed by atoms with Gasteiger partial charge in [0.05, 0.1) is 5.41 Å². The molecule has 0 bridgehead atoms. The second kappa shape index (κ2) is 10.7. The molecule has 0 radical (unpaired) electrons. The summed E-state index contributed by atoms with van der Waals surface area (Å²) in [6.07, 6.45) is 19.9. The van der Waals surface area contributed by atoms with Crippen molar-refractivity contribution in [3.8, 4) is 0 Å². The van der Waals surface area contributed by atoms with Gasteiger partial charge in [-0.1, -0.05) is 164 Å². The predicted molar refractivity (Wildman–Crippen MR) is 173 cm³/mol. The van der Waals surface area contributed by atoms with Gasteiger partial charge in [0.15, 0.2) is 0 Å². The standard InChI is InChI=1S/C41H34/c1-30-25-28-39(41(35-22-12-13-23-35,33-18-7-3-8-19-33)34-20-9-4-10-21-34)40(38(30)29-31-15-5-2-6-16-31)37-27-26-32-17-11-14-24-36(32)37/h2-22,24-29,37,40H,23H2,1H3. The molecular formula is C41H34. The van der Waals surface area contributed by atoms with Crippen LogP contribution in [0.15, 0.2) is 174 Å². The molecule has 2 unspecified atom stereocenters. The van der Waals surface area contributed by atoms with Gasteiger partial charge in [0.1, 0.15) is 0 Å². The van der Waals surface area contributed by atoms with Crippen molar-refractivity contribution in [2.45, 2.75) is 24.7 Å². The van der Waals surface area contributed by atoms with E-state index in [4.69, 9.17) is 0 Å². The smallest absolute Gasteiger partial charge is 0.0636 e. The lowest BCUT2D eigenvalue weighted by molar-refractivity contribution is 0.542. The first-order valence-electron chi connectivity index (χ1n) is 14.7. The summed E-state index contributed by atoms with van der Waals surface area (Å²) < 4.78 is 0. The molecule has 0 heteroatoms. The summed E-state index contributed by atoms with van der Waals surface area (Å²) in [7, 11) is 0. The molecule has 0 heterocycles. The van der Waals surface area contributed by atoms with Crippen LogP contribution in [0.3, 0.4) is 0 Å². The van der Waals surface area contributed by atoms with E-state index in [1.54, 1.807) is 0 Å². The summed E-state index contributed by atoms with van der Waals surface area (Å²) in [5.41, 5.74) is 11.8. The summed E-state index contributed by atoms with van der Waals surface area (Å²) in [6.45, 7) is 2.28. The van der Waals surface area contributed by atoms with Crippen molar-refractivity contribution in [1.29, 1.82) is 0 Å². The van der Waals surface area contributed by atoms with Crippen LogP contribution in [0.2, 0.25) is 0 Å². The Balaban J connectivity index is 1.55. The molecule has 3 aliphatic carbocycles. The van der Waals surface area contributed by atoms with Gasteiger partial charge in [-0.2, -0.15) is 0 Å².